The maximum atomic E-state index is 10.7. The molecule has 4 nitrogen and oxygen atoms in total. The topological polar surface area (TPSA) is 57.6 Å². The van der Waals surface area contributed by atoms with E-state index in [4.69, 9.17) is 5.11 Å². The molecule has 1 N–H and O–H groups in total. The van der Waals surface area contributed by atoms with E-state index in [9.17, 15) is 9.59 Å². The van der Waals surface area contributed by atoms with Crippen LogP contribution in [0.2, 0.25) is 0 Å². The van der Waals surface area contributed by atoms with Crippen molar-refractivity contribution in [2.45, 2.75) is 38.1 Å². The van der Waals surface area contributed by atoms with Crippen LogP contribution in [0.5, 0.6) is 0 Å². The number of unbranched alkanes of at least 4 members (excludes halogenated alkanes) is 1. The summed E-state index contributed by atoms with van der Waals surface area (Å²) in [6, 6.07) is 0.150. The van der Waals surface area contributed by atoms with Crippen LogP contribution in [0.25, 0.3) is 0 Å². The van der Waals surface area contributed by atoms with Crippen LogP contribution in [0.1, 0.15) is 32.1 Å². The number of likely N-dealkylation sites (tertiary alicyclic amines) is 1. The lowest BCUT2D eigenvalue weighted by atomic mass is 10.1. The predicted octanol–water partition coefficient (Wildman–Crippen LogP) is 1.50. The van der Waals surface area contributed by atoms with Gasteiger partial charge in [0.25, 0.3) is 0 Å². The van der Waals surface area contributed by atoms with Gasteiger partial charge in [-0.2, -0.15) is 0 Å². The monoisotopic (exact) mass is 185 g/mol. The molecule has 0 aromatic carbocycles. The Bertz CT molecular complexity index is 193. The smallest absolute Gasteiger partial charge is 0.407 e. The molecule has 1 rings (SSSR count). The van der Waals surface area contributed by atoms with Crippen LogP contribution in [-0.4, -0.2) is 35.0 Å². The highest BCUT2D eigenvalue weighted by molar-refractivity contribution is 5.65. The van der Waals surface area contributed by atoms with Crippen LogP contribution in [-0.2, 0) is 4.79 Å². The van der Waals surface area contributed by atoms with Gasteiger partial charge >= 0.3 is 6.09 Å². The van der Waals surface area contributed by atoms with Crippen molar-refractivity contribution in [3.05, 3.63) is 0 Å². The average Bonchev–Trinajstić information content (AvgIpc) is 2.53. The summed E-state index contributed by atoms with van der Waals surface area (Å²) in [7, 11) is 0. The minimum atomic E-state index is -0.825. The molecule has 1 aliphatic rings. The Morgan fingerprint density at radius 2 is 2.38 bits per heavy atom. The number of carbonyl (C=O) groups is 2. The number of nitrogens with zero attached hydrogens (tertiary/aromatic N) is 1. The molecule has 1 atom stereocenters. The third-order valence-electron chi connectivity index (χ3n) is 2.48. The van der Waals surface area contributed by atoms with Gasteiger partial charge in [0.15, 0.2) is 0 Å². The quantitative estimate of drug-likeness (QED) is 0.533. The minimum absolute atomic E-state index is 0.150. The molecule has 0 saturated carbocycles. The van der Waals surface area contributed by atoms with Crippen LogP contribution < -0.4 is 0 Å². The zero-order valence-electron chi connectivity index (χ0n) is 7.61. The lowest BCUT2D eigenvalue weighted by Gasteiger charge is -2.20. The molecule has 1 heterocycles. The van der Waals surface area contributed by atoms with Crippen molar-refractivity contribution in [3.8, 4) is 0 Å². The largest absolute Gasteiger partial charge is 0.465 e. The zero-order chi connectivity index (χ0) is 9.68. The summed E-state index contributed by atoms with van der Waals surface area (Å²) in [5.74, 6) is 0. The first-order valence-corrected chi connectivity index (χ1v) is 4.69. The second-order valence-corrected chi connectivity index (χ2v) is 3.37. The van der Waals surface area contributed by atoms with E-state index in [1.165, 1.54) is 4.90 Å². The van der Waals surface area contributed by atoms with Gasteiger partial charge in [0.05, 0.1) is 0 Å². The van der Waals surface area contributed by atoms with E-state index in [2.05, 4.69) is 0 Å². The number of hydrogen-bond donors (Lipinski definition) is 1. The van der Waals surface area contributed by atoms with Crippen LogP contribution in [0.3, 0.4) is 0 Å². The Balaban J connectivity index is 2.31. The van der Waals surface area contributed by atoms with Gasteiger partial charge in [-0.15, -0.1) is 0 Å². The Kier molecular flexibility index (Phi) is 3.73. The van der Waals surface area contributed by atoms with Crippen LogP contribution >= 0.6 is 0 Å². The number of rotatable bonds is 4. The van der Waals surface area contributed by atoms with Gasteiger partial charge in [0, 0.05) is 19.0 Å². The second kappa shape index (κ2) is 4.84. The first-order valence-electron chi connectivity index (χ1n) is 4.69. The Labute approximate surface area is 77.5 Å². The molecule has 0 aromatic heterocycles. The molecule has 1 unspecified atom stereocenters. The van der Waals surface area contributed by atoms with Crippen molar-refractivity contribution in [1.29, 1.82) is 0 Å². The highest BCUT2D eigenvalue weighted by Crippen LogP contribution is 2.21. The van der Waals surface area contributed by atoms with Crippen LogP contribution in [0.4, 0.5) is 4.79 Å². The van der Waals surface area contributed by atoms with Crippen molar-refractivity contribution < 1.29 is 14.7 Å². The molecule has 1 saturated heterocycles. The summed E-state index contributed by atoms with van der Waals surface area (Å²) < 4.78 is 0. The van der Waals surface area contributed by atoms with Gasteiger partial charge in [0.1, 0.15) is 6.29 Å². The Morgan fingerprint density at radius 3 is 3.00 bits per heavy atom. The van der Waals surface area contributed by atoms with Crippen molar-refractivity contribution >= 4 is 12.4 Å². The molecule has 13 heavy (non-hydrogen) atoms. The fourth-order valence-corrected chi connectivity index (χ4v) is 1.82. The fourth-order valence-electron chi connectivity index (χ4n) is 1.82. The summed E-state index contributed by atoms with van der Waals surface area (Å²) >= 11 is 0. The second-order valence-electron chi connectivity index (χ2n) is 3.37. The molecular formula is C9H15NO3. The minimum Gasteiger partial charge on any atom is -0.465 e. The summed E-state index contributed by atoms with van der Waals surface area (Å²) in [5.41, 5.74) is 0. The zero-order valence-corrected chi connectivity index (χ0v) is 7.61. The molecular weight excluding hydrogens is 170 g/mol. The summed E-state index contributed by atoms with van der Waals surface area (Å²) in [5, 5.41) is 8.80. The van der Waals surface area contributed by atoms with Crippen molar-refractivity contribution in [1.82, 2.24) is 4.90 Å². The van der Waals surface area contributed by atoms with Gasteiger partial charge in [-0.05, 0) is 25.7 Å². The number of aldehydes is 1. The van der Waals surface area contributed by atoms with E-state index in [0.717, 1.165) is 32.0 Å². The number of amides is 1. The molecule has 1 fully saturated rings. The standard InChI is InChI=1S/C9H15NO3/c11-7-2-1-4-8-5-3-6-10(8)9(12)13/h7-8H,1-6H2,(H,12,13). The first kappa shape index (κ1) is 10.0. The lowest BCUT2D eigenvalue weighted by molar-refractivity contribution is -0.107. The third kappa shape index (κ3) is 2.72. The fraction of sp³-hybridized carbons (Fsp3) is 0.778. The normalized spacial score (nSPS) is 21.8. The Morgan fingerprint density at radius 1 is 1.62 bits per heavy atom. The molecule has 0 spiro atoms. The summed E-state index contributed by atoms with van der Waals surface area (Å²) in [6.07, 6.45) is 4.14. The summed E-state index contributed by atoms with van der Waals surface area (Å²) in [4.78, 5) is 22.3. The lowest BCUT2D eigenvalue weighted by Crippen LogP contribution is -2.34. The molecule has 4 heteroatoms. The van der Waals surface area contributed by atoms with Gasteiger partial charge in [-0.25, -0.2) is 4.79 Å². The molecule has 0 bridgehead atoms. The van der Waals surface area contributed by atoms with E-state index in [-0.39, 0.29) is 6.04 Å². The molecule has 0 aromatic rings. The van der Waals surface area contributed by atoms with Crippen LogP contribution in [0, 0.1) is 0 Å². The van der Waals surface area contributed by atoms with Gasteiger partial charge in [0.2, 0.25) is 0 Å². The van der Waals surface area contributed by atoms with E-state index in [1.807, 2.05) is 0 Å². The van der Waals surface area contributed by atoms with Gasteiger partial charge in [-0.3, -0.25) is 0 Å². The van der Waals surface area contributed by atoms with Gasteiger partial charge < -0.3 is 14.8 Å². The molecule has 1 aliphatic heterocycles. The molecule has 0 aliphatic carbocycles. The highest BCUT2D eigenvalue weighted by Gasteiger charge is 2.27. The number of carboxylic acid groups (broad SMARTS) is 1. The van der Waals surface area contributed by atoms with Crippen molar-refractivity contribution in [2.75, 3.05) is 6.54 Å². The molecule has 0 radical (unpaired) electrons. The van der Waals surface area contributed by atoms with Crippen LogP contribution in [0.15, 0.2) is 0 Å². The van der Waals surface area contributed by atoms with E-state index >= 15 is 0 Å². The van der Waals surface area contributed by atoms with E-state index in [1.54, 1.807) is 0 Å². The van der Waals surface area contributed by atoms with Crippen molar-refractivity contribution in [2.24, 2.45) is 0 Å². The predicted molar refractivity (Wildman–Crippen MR) is 47.7 cm³/mol. The van der Waals surface area contributed by atoms with E-state index < -0.39 is 6.09 Å². The molecule has 74 valence electrons. The first-order chi connectivity index (χ1) is 6.25. The maximum absolute atomic E-state index is 10.7. The third-order valence-corrected chi connectivity index (χ3v) is 2.48. The Hall–Kier alpha value is -1.06. The van der Waals surface area contributed by atoms with E-state index in [0.29, 0.717) is 13.0 Å². The molecule has 1 amide bonds. The average molecular weight is 185 g/mol. The van der Waals surface area contributed by atoms with Gasteiger partial charge in [-0.1, -0.05) is 0 Å². The SMILES string of the molecule is O=CCCCC1CCCN1C(=O)O. The summed E-state index contributed by atoms with van der Waals surface area (Å²) in [6.45, 7) is 0.654. The number of hydrogen-bond acceptors (Lipinski definition) is 2. The highest BCUT2D eigenvalue weighted by atomic mass is 16.4. The maximum Gasteiger partial charge on any atom is 0.407 e. The van der Waals surface area contributed by atoms with Crippen molar-refractivity contribution in [3.63, 3.8) is 0 Å². The number of carbonyl (C=O) groups excluding carboxylic acids is 1.